The van der Waals surface area contributed by atoms with E-state index in [9.17, 15) is 9.00 Å². The highest BCUT2D eigenvalue weighted by atomic mass is 79.9. The second-order valence-electron chi connectivity index (χ2n) is 3.92. The third-order valence-electron chi connectivity index (χ3n) is 2.57. The van der Waals surface area contributed by atoms with E-state index in [0.29, 0.717) is 10.6 Å². The SMILES string of the molecule is O=C(O)c1ccccc1S(=O)Cc1ccc(Br)cc1. The highest BCUT2D eigenvalue weighted by Gasteiger charge is 2.14. The van der Waals surface area contributed by atoms with Gasteiger partial charge in [-0.1, -0.05) is 40.2 Å². The van der Waals surface area contributed by atoms with Crippen molar-refractivity contribution in [2.75, 3.05) is 0 Å². The summed E-state index contributed by atoms with van der Waals surface area (Å²) in [6.45, 7) is 0. The Bertz CT molecular complexity index is 623. The lowest BCUT2D eigenvalue weighted by atomic mass is 10.2. The van der Waals surface area contributed by atoms with E-state index in [1.54, 1.807) is 18.2 Å². The lowest BCUT2D eigenvalue weighted by Gasteiger charge is -2.06. The molecule has 5 heteroatoms. The molecule has 3 nitrogen and oxygen atoms in total. The van der Waals surface area contributed by atoms with Gasteiger partial charge in [-0.05, 0) is 29.8 Å². The van der Waals surface area contributed by atoms with Gasteiger partial charge in [0.05, 0.1) is 27.0 Å². The Morgan fingerprint density at radius 1 is 1.11 bits per heavy atom. The topological polar surface area (TPSA) is 54.4 Å². The number of benzene rings is 2. The van der Waals surface area contributed by atoms with Crippen LogP contribution in [0.3, 0.4) is 0 Å². The molecule has 1 unspecified atom stereocenters. The van der Waals surface area contributed by atoms with Crippen LogP contribution in [-0.2, 0) is 16.6 Å². The van der Waals surface area contributed by atoms with Crippen LogP contribution in [0.1, 0.15) is 15.9 Å². The van der Waals surface area contributed by atoms with Gasteiger partial charge in [-0.2, -0.15) is 0 Å². The minimum absolute atomic E-state index is 0.0953. The third-order valence-corrected chi connectivity index (χ3v) is 4.54. The summed E-state index contributed by atoms with van der Waals surface area (Å²) in [6, 6.07) is 13.9. The Hall–Kier alpha value is -1.46. The molecule has 2 aromatic carbocycles. The fourth-order valence-electron chi connectivity index (χ4n) is 1.65. The summed E-state index contributed by atoms with van der Waals surface area (Å²) in [5.74, 6) is -0.753. The maximum absolute atomic E-state index is 12.3. The van der Waals surface area contributed by atoms with Crippen LogP contribution in [0.5, 0.6) is 0 Å². The van der Waals surface area contributed by atoms with Crippen LogP contribution >= 0.6 is 15.9 Å². The smallest absolute Gasteiger partial charge is 0.336 e. The Balaban J connectivity index is 2.25. The van der Waals surface area contributed by atoms with E-state index in [1.165, 1.54) is 6.07 Å². The summed E-state index contributed by atoms with van der Waals surface area (Å²) >= 11 is 3.33. The minimum Gasteiger partial charge on any atom is -0.478 e. The first-order valence-electron chi connectivity index (χ1n) is 5.53. The molecule has 0 fully saturated rings. The lowest BCUT2D eigenvalue weighted by Crippen LogP contribution is -2.05. The van der Waals surface area contributed by atoms with Crippen molar-refractivity contribution in [2.24, 2.45) is 0 Å². The predicted molar refractivity (Wildman–Crippen MR) is 77.7 cm³/mol. The number of hydrogen-bond donors (Lipinski definition) is 1. The van der Waals surface area contributed by atoms with Crippen molar-refractivity contribution in [2.45, 2.75) is 10.6 Å². The van der Waals surface area contributed by atoms with Gasteiger partial charge in [-0.15, -0.1) is 0 Å². The van der Waals surface area contributed by atoms with Crippen molar-refractivity contribution < 1.29 is 14.1 Å². The maximum atomic E-state index is 12.3. The van der Waals surface area contributed by atoms with Crippen LogP contribution in [0.2, 0.25) is 0 Å². The van der Waals surface area contributed by atoms with Crippen molar-refractivity contribution in [3.05, 3.63) is 64.1 Å². The van der Waals surface area contributed by atoms with Crippen molar-refractivity contribution in [1.82, 2.24) is 0 Å². The molecule has 1 atom stereocenters. The zero-order valence-electron chi connectivity index (χ0n) is 9.88. The first kappa shape index (κ1) is 14.0. The van der Waals surface area contributed by atoms with Gasteiger partial charge in [0.15, 0.2) is 0 Å². The van der Waals surface area contributed by atoms with Gasteiger partial charge < -0.3 is 5.11 Å². The molecule has 0 spiro atoms. The molecule has 0 saturated carbocycles. The minimum atomic E-state index is -1.37. The van der Waals surface area contributed by atoms with Gasteiger partial charge in [0.25, 0.3) is 0 Å². The number of hydrogen-bond acceptors (Lipinski definition) is 2. The van der Waals surface area contributed by atoms with E-state index in [0.717, 1.165) is 10.0 Å². The van der Waals surface area contributed by atoms with Gasteiger partial charge in [0.2, 0.25) is 0 Å². The van der Waals surface area contributed by atoms with Crippen molar-refractivity contribution >= 4 is 32.7 Å². The standard InChI is InChI=1S/C14H11BrO3S/c15-11-7-5-10(6-8-11)9-19(18)13-4-2-1-3-12(13)14(16)17/h1-8H,9H2,(H,16,17). The van der Waals surface area contributed by atoms with Gasteiger partial charge in [0, 0.05) is 4.47 Å². The number of carbonyl (C=O) groups is 1. The fourth-order valence-corrected chi connectivity index (χ4v) is 3.20. The molecule has 0 aromatic heterocycles. The number of rotatable bonds is 4. The Morgan fingerprint density at radius 3 is 2.37 bits per heavy atom. The van der Waals surface area contributed by atoms with Crippen molar-refractivity contribution in [1.29, 1.82) is 0 Å². The van der Waals surface area contributed by atoms with Crippen LogP contribution in [0.25, 0.3) is 0 Å². The Morgan fingerprint density at radius 2 is 1.74 bits per heavy atom. The number of carboxylic acid groups (broad SMARTS) is 1. The summed E-state index contributed by atoms with van der Waals surface area (Å²) in [6.07, 6.45) is 0. The molecule has 0 heterocycles. The molecular formula is C14H11BrO3S. The van der Waals surface area contributed by atoms with Gasteiger partial charge >= 0.3 is 5.97 Å². The van der Waals surface area contributed by atoms with Gasteiger partial charge in [0.1, 0.15) is 0 Å². The van der Waals surface area contributed by atoms with Gasteiger partial charge in [-0.25, -0.2) is 4.79 Å². The largest absolute Gasteiger partial charge is 0.478 e. The lowest BCUT2D eigenvalue weighted by molar-refractivity contribution is 0.0693. The van der Waals surface area contributed by atoms with E-state index in [4.69, 9.17) is 5.11 Å². The number of aromatic carboxylic acids is 1. The average molecular weight is 339 g/mol. The average Bonchev–Trinajstić information content (AvgIpc) is 2.41. The molecule has 0 aliphatic heterocycles. The van der Waals surface area contributed by atoms with Crippen LogP contribution in [-0.4, -0.2) is 15.3 Å². The quantitative estimate of drug-likeness (QED) is 0.928. The van der Waals surface area contributed by atoms with E-state index >= 15 is 0 Å². The zero-order chi connectivity index (χ0) is 13.8. The first-order valence-corrected chi connectivity index (χ1v) is 7.64. The Kier molecular flexibility index (Phi) is 4.50. The summed E-state index contributed by atoms with van der Waals surface area (Å²) in [5, 5.41) is 9.08. The molecule has 98 valence electrons. The van der Waals surface area contributed by atoms with Gasteiger partial charge in [-0.3, -0.25) is 4.21 Å². The highest BCUT2D eigenvalue weighted by Crippen LogP contribution is 2.18. The number of halogens is 1. The summed E-state index contributed by atoms with van der Waals surface area (Å²) in [7, 11) is -1.37. The molecule has 2 rings (SSSR count). The molecule has 19 heavy (non-hydrogen) atoms. The zero-order valence-corrected chi connectivity index (χ0v) is 12.3. The monoisotopic (exact) mass is 338 g/mol. The van der Waals surface area contributed by atoms with Crippen LogP contribution < -0.4 is 0 Å². The molecule has 0 aliphatic rings. The summed E-state index contributed by atoms with van der Waals surface area (Å²) in [5.41, 5.74) is 1.000. The molecule has 0 amide bonds. The van der Waals surface area contributed by atoms with Crippen molar-refractivity contribution in [3.8, 4) is 0 Å². The van der Waals surface area contributed by atoms with E-state index < -0.39 is 16.8 Å². The molecule has 0 bridgehead atoms. The van der Waals surface area contributed by atoms with Crippen LogP contribution in [0.15, 0.2) is 57.9 Å². The molecule has 2 aromatic rings. The fraction of sp³-hybridized carbons (Fsp3) is 0.0714. The van der Waals surface area contributed by atoms with E-state index in [-0.39, 0.29) is 5.56 Å². The number of carboxylic acids is 1. The van der Waals surface area contributed by atoms with E-state index in [1.807, 2.05) is 24.3 Å². The molecular weight excluding hydrogens is 328 g/mol. The highest BCUT2D eigenvalue weighted by molar-refractivity contribution is 9.10. The molecule has 0 saturated heterocycles. The second kappa shape index (κ2) is 6.12. The van der Waals surface area contributed by atoms with Crippen molar-refractivity contribution in [3.63, 3.8) is 0 Å². The van der Waals surface area contributed by atoms with E-state index in [2.05, 4.69) is 15.9 Å². The molecule has 1 N–H and O–H groups in total. The normalized spacial score (nSPS) is 12.1. The predicted octanol–water partition coefficient (Wildman–Crippen LogP) is 3.46. The molecule has 0 aliphatic carbocycles. The second-order valence-corrected chi connectivity index (χ2v) is 6.25. The molecule has 0 radical (unpaired) electrons. The first-order chi connectivity index (χ1) is 9.08. The van der Waals surface area contributed by atoms with Crippen LogP contribution in [0.4, 0.5) is 0 Å². The maximum Gasteiger partial charge on any atom is 0.336 e. The summed E-state index contributed by atoms with van der Waals surface area (Å²) in [4.78, 5) is 11.4. The van der Waals surface area contributed by atoms with Crippen LogP contribution in [0, 0.1) is 0 Å². The third kappa shape index (κ3) is 3.52. The summed E-state index contributed by atoms with van der Waals surface area (Å²) < 4.78 is 13.2. The Labute approximate surface area is 121 Å².